The van der Waals surface area contributed by atoms with Crippen molar-refractivity contribution in [2.45, 2.75) is 52.1 Å². The molecule has 0 aliphatic heterocycles. The zero-order valence-corrected chi connectivity index (χ0v) is 23.9. The van der Waals surface area contributed by atoms with Crippen molar-refractivity contribution in [2.75, 3.05) is 18.5 Å². The highest BCUT2D eigenvalue weighted by Gasteiger charge is 2.27. The lowest BCUT2D eigenvalue weighted by molar-refractivity contribution is 0.0937. The van der Waals surface area contributed by atoms with Crippen LogP contribution in [-0.4, -0.2) is 29.5 Å². The molecule has 204 valence electrons. The van der Waals surface area contributed by atoms with Crippen LogP contribution in [0, 0.1) is 0 Å². The first kappa shape index (κ1) is 31.4. The van der Waals surface area contributed by atoms with Crippen molar-refractivity contribution in [1.29, 1.82) is 0 Å². The number of benzene rings is 3. The Morgan fingerprint density at radius 1 is 0.763 bits per heavy atom. The minimum absolute atomic E-state index is 0.122. The fourth-order valence-electron chi connectivity index (χ4n) is 3.71. The number of aryl methyl sites for hydroxylation is 2. The molecule has 3 rings (SSSR count). The lowest BCUT2D eigenvalue weighted by Crippen LogP contribution is -2.10. The van der Waals surface area contributed by atoms with Gasteiger partial charge in [-0.05, 0) is 53.4 Å². The van der Waals surface area contributed by atoms with E-state index in [1.807, 2.05) is 97.9 Å². The smallest absolute Gasteiger partial charge is 0.429 e. The molecular weight excluding hydrogens is 518 g/mol. The third kappa shape index (κ3) is 14.2. The summed E-state index contributed by atoms with van der Waals surface area (Å²) in [7, 11) is -4.97. The minimum atomic E-state index is -3.02. The molecule has 0 saturated carbocycles. The van der Waals surface area contributed by atoms with Gasteiger partial charge in [0.15, 0.2) is 6.16 Å². The summed E-state index contributed by atoms with van der Waals surface area (Å²) in [4.78, 5) is 20.6. The van der Waals surface area contributed by atoms with E-state index in [1.54, 1.807) is 0 Å². The quantitative estimate of drug-likeness (QED) is 0.158. The summed E-state index contributed by atoms with van der Waals surface area (Å²) in [5, 5.41) is 0. The van der Waals surface area contributed by atoms with Gasteiger partial charge in [0.25, 0.3) is 7.37 Å². The molecule has 2 atom stereocenters. The second kappa shape index (κ2) is 18.5. The van der Waals surface area contributed by atoms with Crippen LogP contribution >= 0.6 is 15.4 Å². The molecule has 0 amide bonds. The van der Waals surface area contributed by atoms with Gasteiger partial charge in [-0.2, -0.15) is 4.89 Å². The van der Waals surface area contributed by atoms with Crippen molar-refractivity contribution < 1.29 is 28.1 Å². The third-order valence-electron chi connectivity index (χ3n) is 5.76. The van der Waals surface area contributed by atoms with Crippen molar-refractivity contribution in [3.05, 3.63) is 108 Å². The van der Waals surface area contributed by atoms with E-state index in [4.69, 9.17) is 14.2 Å². The molecule has 6 nitrogen and oxygen atoms in total. The van der Waals surface area contributed by atoms with Gasteiger partial charge in [-0.1, -0.05) is 104 Å². The molecule has 0 radical (unpaired) electrons. The summed E-state index contributed by atoms with van der Waals surface area (Å²) in [6, 6.07) is 29.4. The number of rotatable bonds is 14. The maximum Gasteiger partial charge on any atom is 0.513 e. The fraction of sp³-hybridized carbons (Fsp3) is 0.367. The largest absolute Gasteiger partial charge is 0.513 e. The van der Waals surface area contributed by atoms with E-state index < -0.39 is 21.6 Å². The molecule has 0 saturated heterocycles. The summed E-state index contributed by atoms with van der Waals surface area (Å²) in [5.41, 5.74) is 3.30. The van der Waals surface area contributed by atoms with E-state index in [2.05, 4.69) is 0 Å². The van der Waals surface area contributed by atoms with Gasteiger partial charge in [0.1, 0.15) is 6.61 Å². The molecule has 8 heteroatoms. The number of carbonyl (C=O) groups excluding carboxylic acids is 1. The molecule has 0 aliphatic carbocycles. The number of carbonyl (C=O) groups is 1. The lowest BCUT2D eigenvalue weighted by atomic mass is 10.1. The Hall–Kier alpha value is -2.78. The van der Waals surface area contributed by atoms with Crippen LogP contribution in [0.25, 0.3) is 0 Å². The van der Waals surface area contributed by atoms with Gasteiger partial charge in [-0.3, -0.25) is 4.57 Å². The van der Waals surface area contributed by atoms with E-state index in [0.717, 1.165) is 44.1 Å². The van der Waals surface area contributed by atoms with E-state index in [9.17, 15) is 13.9 Å². The van der Waals surface area contributed by atoms with E-state index in [-0.39, 0.29) is 6.61 Å². The summed E-state index contributed by atoms with van der Waals surface area (Å²) in [6.45, 7) is 2.15. The first-order valence-corrected chi connectivity index (χ1v) is 16.5. The Morgan fingerprint density at radius 2 is 1.24 bits per heavy atom. The summed E-state index contributed by atoms with van der Waals surface area (Å²) >= 11 is 0. The molecule has 3 aromatic rings. The van der Waals surface area contributed by atoms with Gasteiger partial charge in [0.2, 0.25) is 0 Å². The molecule has 0 spiro atoms. The topological polar surface area (TPSA) is 89.9 Å². The van der Waals surface area contributed by atoms with Gasteiger partial charge >= 0.3 is 14.2 Å². The van der Waals surface area contributed by atoms with Crippen LogP contribution in [0.3, 0.4) is 0 Å². The molecule has 2 unspecified atom stereocenters. The fourth-order valence-corrected chi connectivity index (χ4v) is 6.31. The van der Waals surface area contributed by atoms with Gasteiger partial charge in [-0.15, -0.1) is 0 Å². The Bertz CT molecular complexity index is 1110. The van der Waals surface area contributed by atoms with Crippen molar-refractivity contribution in [3.8, 4) is 0 Å². The molecule has 0 aromatic heterocycles. The molecule has 0 bridgehead atoms. The molecule has 0 fully saturated rings. The normalized spacial score (nSPS) is 12.4. The minimum Gasteiger partial charge on any atom is -0.429 e. The molecule has 0 aliphatic rings. The number of hydrogen-bond acceptors (Lipinski definition) is 5. The number of ether oxygens (including phenoxy) is 1. The van der Waals surface area contributed by atoms with Crippen LogP contribution in [-0.2, 0) is 37.8 Å². The second-order valence-corrected chi connectivity index (χ2v) is 12.8. The van der Waals surface area contributed by atoms with E-state index in [1.165, 1.54) is 11.1 Å². The average Bonchev–Trinajstić information content (AvgIpc) is 2.93. The Morgan fingerprint density at radius 3 is 1.74 bits per heavy atom. The average molecular weight is 558 g/mol. The van der Waals surface area contributed by atoms with Crippen molar-refractivity contribution in [1.82, 2.24) is 0 Å². The molecule has 0 heterocycles. The maximum atomic E-state index is 13.1. The standard InChI is InChI=1S/C21H27O4P.C9H11O2P/c1-2-3-16-26(23,17-10-15-19-11-6-4-7-12-19)25-21(22)24-18-20-13-8-5-9-14-20;10-12(11)8-4-7-9-5-2-1-3-6-9/h4-9,11-14H,2-3,10,15-18H2,1H3;1-3,5-6H,4,7-8H2/p+1. The van der Waals surface area contributed by atoms with Crippen LogP contribution < -0.4 is 0 Å². The zero-order valence-electron chi connectivity index (χ0n) is 22.1. The van der Waals surface area contributed by atoms with Crippen LogP contribution in [0.15, 0.2) is 91.0 Å². The summed E-state index contributed by atoms with van der Waals surface area (Å²) in [5.74, 6) is 0. The third-order valence-corrected chi connectivity index (χ3v) is 8.93. The van der Waals surface area contributed by atoms with Crippen molar-refractivity contribution in [2.24, 2.45) is 0 Å². The maximum absolute atomic E-state index is 13.1. The Kier molecular flexibility index (Phi) is 15.3. The van der Waals surface area contributed by atoms with E-state index in [0.29, 0.717) is 18.5 Å². The highest BCUT2D eigenvalue weighted by Crippen LogP contribution is 2.49. The predicted octanol–water partition coefficient (Wildman–Crippen LogP) is 8.40. The zero-order chi connectivity index (χ0) is 27.5. The molecule has 3 aromatic carbocycles. The highest BCUT2D eigenvalue weighted by molar-refractivity contribution is 7.59. The van der Waals surface area contributed by atoms with Crippen molar-refractivity contribution in [3.63, 3.8) is 0 Å². The SMILES string of the molecule is CCCCP(=O)(CCCc1ccccc1)OC(=O)OCc1ccccc1.O=[P+](O)CCCc1ccccc1. The molecule has 38 heavy (non-hydrogen) atoms. The van der Waals surface area contributed by atoms with Gasteiger partial charge in [0, 0.05) is 12.3 Å². The van der Waals surface area contributed by atoms with Crippen molar-refractivity contribution >= 4 is 21.6 Å². The van der Waals surface area contributed by atoms with Gasteiger partial charge in [-0.25, -0.2) is 4.79 Å². The van der Waals surface area contributed by atoms with Crippen LogP contribution in [0.5, 0.6) is 0 Å². The Labute approximate surface area is 227 Å². The summed E-state index contributed by atoms with van der Waals surface area (Å²) in [6.07, 6.45) is 5.27. The molecule has 1 N–H and O–H groups in total. The van der Waals surface area contributed by atoms with Crippen LogP contribution in [0.4, 0.5) is 4.79 Å². The highest BCUT2D eigenvalue weighted by atomic mass is 31.2. The predicted molar refractivity (Wildman–Crippen MR) is 154 cm³/mol. The number of hydrogen-bond donors (Lipinski definition) is 1. The van der Waals surface area contributed by atoms with Gasteiger partial charge < -0.3 is 9.26 Å². The first-order valence-electron chi connectivity index (χ1n) is 13.1. The van der Waals surface area contributed by atoms with Crippen LogP contribution in [0.1, 0.15) is 49.3 Å². The number of unbranched alkanes of at least 4 members (excludes halogenated alkanes) is 1. The second-order valence-electron chi connectivity index (χ2n) is 8.98. The summed E-state index contributed by atoms with van der Waals surface area (Å²) < 4.78 is 33.8. The monoisotopic (exact) mass is 557 g/mol. The van der Waals surface area contributed by atoms with E-state index >= 15 is 0 Å². The lowest BCUT2D eigenvalue weighted by Gasteiger charge is -2.18. The van der Waals surface area contributed by atoms with Gasteiger partial charge in [0.05, 0.1) is 0 Å². The van der Waals surface area contributed by atoms with Crippen LogP contribution in [0.2, 0.25) is 0 Å². The Balaban J connectivity index is 0.000000352. The molecular formula is C30H39O6P2+. The first-order chi connectivity index (χ1) is 18.4.